The van der Waals surface area contributed by atoms with E-state index in [1.807, 2.05) is 43.6 Å². The van der Waals surface area contributed by atoms with Crippen molar-refractivity contribution in [2.75, 3.05) is 26.7 Å². The van der Waals surface area contributed by atoms with Gasteiger partial charge in [-0.1, -0.05) is 30.0 Å². The molecular formula is C62H73N9O9. The highest BCUT2D eigenvalue weighted by Crippen LogP contribution is 2.67. The second-order valence-electron chi connectivity index (χ2n) is 23.6. The van der Waals surface area contributed by atoms with Crippen LogP contribution < -0.4 is 36.5 Å². The highest BCUT2D eigenvalue weighted by atomic mass is 16.6. The molecular weight excluding hydrogens is 1010 g/mol. The van der Waals surface area contributed by atoms with Crippen LogP contribution in [0.2, 0.25) is 0 Å². The number of carbonyl (C=O) groups is 1. The Morgan fingerprint density at radius 2 is 1.90 bits per heavy atom. The molecule has 5 fully saturated rings. The number of aromatic nitrogens is 3. The molecule has 0 unspecified atom stereocenters. The molecule has 2 saturated heterocycles. The van der Waals surface area contributed by atoms with E-state index in [-0.39, 0.29) is 59.2 Å². The van der Waals surface area contributed by atoms with Gasteiger partial charge in [0.05, 0.1) is 47.0 Å². The number of aromatic hydroxyl groups is 3. The van der Waals surface area contributed by atoms with E-state index in [1.165, 1.54) is 29.6 Å². The highest BCUT2D eigenvalue weighted by Gasteiger charge is 2.76. The van der Waals surface area contributed by atoms with E-state index >= 15 is 0 Å². The summed E-state index contributed by atoms with van der Waals surface area (Å²) in [6, 6.07) is 14.8. The van der Waals surface area contributed by atoms with Crippen molar-refractivity contribution in [3.05, 3.63) is 119 Å². The van der Waals surface area contributed by atoms with Crippen LogP contribution in [0.3, 0.4) is 0 Å². The number of aliphatic hydroxyl groups excluding tert-OH is 1. The Kier molecular flexibility index (Phi) is 13.6. The zero-order valence-corrected chi connectivity index (χ0v) is 45.4. The number of hydrogen-bond acceptors (Lipinski definition) is 14. The number of hydrogen-bond donors (Lipinski definition) is 10. The Morgan fingerprint density at radius 3 is 2.74 bits per heavy atom. The fourth-order valence-electron chi connectivity index (χ4n) is 16.0. The summed E-state index contributed by atoms with van der Waals surface area (Å²) < 4.78 is 29.3. The number of benzene rings is 2. The molecule has 11 N–H and O–H groups in total. The normalized spacial score (nSPS) is 32.7. The van der Waals surface area contributed by atoms with Gasteiger partial charge in [-0.25, -0.2) is 0 Å². The van der Waals surface area contributed by atoms with Crippen LogP contribution in [0.4, 0.5) is 0 Å². The minimum atomic E-state index is -1.00. The second kappa shape index (κ2) is 21.0. The Labute approximate surface area is 465 Å². The average molecular weight is 1090 g/mol. The fraction of sp³-hybridized carbons (Fsp3) is 0.500. The van der Waals surface area contributed by atoms with Crippen molar-refractivity contribution in [1.82, 2.24) is 35.8 Å². The summed E-state index contributed by atoms with van der Waals surface area (Å²) in [5.41, 5.74) is 10.2. The molecule has 8 heterocycles. The lowest BCUT2D eigenvalue weighted by Crippen LogP contribution is -2.86. The number of phenols is 3. The molecule has 14 atom stereocenters. The molecule has 5 aromatic rings. The maximum absolute atomic E-state index is 13.2. The molecule has 3 aliphatic carbocycles. The SMILES string of the molecule is CN[C@H](O)[C@]12[C@@H]3CC[C@@H]4CC[C@@H]5Oc6cc(ccc6O)C[C@@H]6[C@@H]7O[C@H](c8cc(O)c(O)c(OCCc9cccnc9)c8)C[C@H](OC(C)=O)[C@@H]7CC[C@H]6C#C[C@@H]5[C@@]41NC(=NCCCC1=CCNC(N)=C1)N[C@H]2n1cc2[nH]ccc2c1C3. The first kappa shape index (κ1) is 52.1. The minimum Gasteiger partial charge on any atom is -0.504 e. The van der Waals surface area contributed by atoms with Crippen LogP contribution in [0.15, 0.2) is 102 Å². The third-order valence-corrected chi connectivity index (χ3v) is 19.4. The van der Waals surface area contributed by atoms with Gasteiger partial charge in [-0.05, 0) is 148 Å². The molecule has 0 amide bonds. The van der Waals surface area contributed by atoms with Gasteiger partial charge >= 0.3 is 5.97 Å². The summed E-state index contributed by atoms with van der Waals surface area (Å²) in [7, 11) is 1.85. The lowest BCUT2D eigenvalue weighted by molar-refractivity contribution is -0.223. The first-order chi connectivity index (χ1) is 38.9. The van der Waals surface area contributed by atoms with Crippen LogP contribution in [0, 0.1) is 52.8 Å². The van der Waals surface area contributed by atoms with Crippen LogP contribution in [0.25, 0.3) is 10.9 Å². The van der Waals surface area contributed by atoms with Crippen molar-refractivity contribution in [3.63, 3.8) is 0 Å². The van der Waals surface area contributed by atoms with Crippen LogP contribution in [-0.4, -0.2) is 104 Å². The number of nitrogens with zero attached hydrogens (tertiary/aromatic N) is 3. The molecule has 2 bridgehead atoms. The maximum Gasteiger partial charge on any atom is 0.302 e. The summed E-state index contributed by atoms with van der Waals surface area (Å²) in [5.74, 6) is 7.64. The molecule has 8 aliphatic rings. The fourth-order valence-corrected chi connectivity index (χ4v) is 16.0. The Morgan fingerprint density at radius 1 is 1.02 bits per heavy atom. The van der Waals surface area contributed by atoms with E-state index in [9.17, 15) is 25.2 Å². The number of esters is 1. The summed E-state index contributed by atoms with van der Waals surface area (Å²) in [4.78, 5) is 26.1. The number of dihydropyridines is 1. The van der Waals surface area contributed by atoms with E-state index in [2.05, 4.69) is 66.0 Å². The number of aromatic amines is 1. The van der Waals surface area contributed by atoms with Crippen molar-refractivity contribution < 1.29 is 44.2 Å². The van der Waals surface area contributed by atoms with Gasteiger partial charge < -0.3 is 70.6 Å². The molecule has 1 spiro atoms. The first-order valence-electron chi connectivity index (χ1n) is 28.8. The van der Waals surface area contributed by atoms with Gasteiger partial charge in [0.1, 0.15) is 24.6 Å². The number of carbonyl (C=O) groups excluding carboxylic acids is 1. The van der Waals surface area contributed by atoms with Gasteiger partial charge in [0, 0.05) is 86.5 Å². The van der Waals surface area contributed by atoms with Gasteiger partial charge in [-0.15, -0.1) is 0 Å². The molecule has 3 aromatic heterocycles. The predicted octanol–water partition coefficient (Wildman–Crippen LogP) is 6.63. The van der Waals surface area contributed by atoms with Crippen LogP contribution in [0.1, 0.15) is 99.4 Å². The highest BCUT2D eigenvalue weighted by molar-refractivity contribution is 5.85. The lowest BCUT2D eigenvalue weighted by Gasteiger charge is -2.72. The number of rotatable bonds is 12. The average Bonchev–Trinajstić information content (AvgIpc) is 4.13. The molecule has 18 heteroatoms. The number of pyridine rings is 1. The number of ether oxygens (including phenoxy) is 4. The van der Waals surface area contributed by atoms with Gasteiger partial charge in [0.25, 0.3) is 0 Å². The molecule has 3 saturated carbocycles. The quantitative estimate of drug-likeness (QED) is 0.0207. The smallest absolute Gasteiger partial charge is 0.302 e. The van der Waals surface area contributed by atoms with Crippen LogP contribution in [-0.2, 0) is 33.5 Å². The molecule has 80 heavy (non-hydrogen) atoms. The Balaban J connectivity index is 0.914. The number of H-pyrrole nitrogens is 1. The second-order valence-corrected chi connectivity index (χ2v) is 23.6. The van der Waals surface area contributed by atoms with Gasteiger partial charge in [-0.2, -0.15) is 0 Å². The van der Waals surface area contributed by atoms with Gasteiger partial charge in [-0.3, -0.25) is 20.1 Å². The molecule has 13 rings (SSSR count). The molecule has 420 valence electrons. The van der Waals surface area contributed by atoms with Gasteiger partial charge in [0.2, 0.25) is 5.75 Å². The first-order valence-corrected chi connectivity index (χ1v) is 28.8. The number of nitrogens with two attached hydrogens (primary N) is 1. The zero-order chi connectivity index (χ0) is 54.9. The topological polar surface area (TPSA) is 255 Å². The van der Waals surface area contributed by atoms with E-state index in [0.29, 0.717) is 74.7 Å². The summed E-state index contributed by atoms with van der Waals surface area (Å²) in [5, 5.41) is 63.1. The van der Waals surface area contributed by atoms with Crippen LogP contribution in [0.5, 0.6) is 28.7 Å². The Hall–Kier alpha value is -7.33. The molecule has 18 nitrogen and oxygen atoms in total. The molecule has 5 aliphatic heterocycles. The summed E-state index contributed by atoms with van der Waals surface area (Å²) in [6.07, 6.45) is 16.6. The lowest BCUT2D eigenvalue weighted by atomic mass is 9.41. The third kappa shape index (κ3) is 8.87. The number of allylic oxidation sites excluding steroid dienone is 2. The number of aliphatic hydroxyl groups is 1. The summed E-state index contributed by atoms with van der Waals surface area (Å²) in [6.45, 7) is 2.89. The minimum absolute atomic E-state index is 0.00630. The maximum atomic E-state index is 13.2. The van der Waals surface area contributed by atoms with Crippen molar-refractivity contribution in [2.45, 2.75) is 126 Å². The Bertz CT molecular complexity index is 3330. The molecule has 2 aromatic carbocycles. The number of nitrogens with one attached hydrogen (secondary N) is 5. The largest absolute Gasteiger partial charge is 0.504 e. The van der Waals surface area contributed by atoms with E-state index < -0.39 is 59.7 Å². The van der Waals surface area contributed by atoms with E-state index in [4.69, 9.17) is 29.7 Å². The van der Waals surface area contributed by atoms with Crippen molar-refractivity contribution in [2.24, 2.45) is 51.6 Å². The molecule has 0 radical (unpaired) electrons. The van der Waals surface area contributed by atoms with E-state index in [1.54, 1.807) is 24.5 Å². The van der Waals surface area contributed by atoms with Crippen LogP contribution >= 0.6 is 0 Å². The van der Waals surface area contributed by atoms with Gasteiger partial charge in [0.15, 0.2) is 29.0 Å². The number of guanidine groups is 1. The predicted molar refractivity (Wildman–Crippen MR) is 299 cm³/mol. The number of fused-ring (bicyclic) bond motifs is 10. The zero-order valence-electron chi connectivity index (χ0n) is 45.4. The van der Waals surface area contributed by atoms with Crippen molar-refractivity contribution in [3.8, 4) is 40.6 Å². The number of phenolic OH excluding ortho intramolecular Hbond substituents is 3. The summed E-state index contributed by atoms with van der Waals surface area (Å²) >= 11 is 0. The number of aliphatic imine (C=N–C) groups is 1. The van der Waals surface area contributed by atoms with E-state index in [0.717, 1.165) is 55.2 Å². The monoisotopic (exact) mass is 1090 g/mol. The third-order valence-electron chi connectivity index (χ3n) is 19.4. The standard InChI is InChI=1S/C62H73N9O9/c1-34(72)78-52-31-51(39-28-49(74)56(75)54(29-39)77-24-19-36-6-3-20-65-32-36)80-57-43(52)13-8-38-9-14-45-50(79-53-26-37(25-44(38)57)7-15-48(53)73)16-12-40-10-11-41-30-47-42-18-23-66-46(42)33-71(47)58-61(41,59(76)64-2)62(40,45)70-60(69-58)68-21-4-5-35-17-22-67-55(63)27-35/h3,6-7,15,17-18,20,23,26-29,32-33,38,40-41,43-45,50-52,57-59,64,66-67,73-76H,4-5,8,10-13,16,19,21-22,24-25,30-31,63H2,1-2H3,(H2,68,69,70)/t38-,40+,41+,43-,44-,45-,50-,51-,52-,57+,58-,59+,61+,62-/m0/s1. The van der Waals surface area contributed by atoms with Crippen molar-refractivity contribution in [1.29, 1.82) is 0 Å². The van der Waals surface area contributed by atoms with Crippen molar-refractivity contribution >= 4 is 22.8 Å².